The van der Waals surface area contributed by atoms with Crippen LogP contribution in [0.3, 0.4) is 0 Å². The Hall–Kier alpha value is -3.30. The molecule has 0 radical (unpaired) electrons. The van der Waals surface area contributed by atoms with E-state index in [1.165, 1.54) is 16.9 Å². The zero-order valence-electron chi connectivity index (χ0n) is 19.7. The molecule has 3 nitrogen and oxygen atoms in total. The molecule has 0 unspecified atom stereocenters. The van der Waals surface area contributed by atoms with Crippen LogP contribution in [-0.4, -0.2) is 21.2 Å². The molecule has 4 aromatic rings. The topological polar surface area (TPSA) is 16.4 Å². The van der Waals surface area contributed by atoms with Gasteiger partial charge in [-0.25, -0.2) is 0 Å². The largest absolute Gasteiger partial charge is 0.496 e. The van der Waals surface area contributed by atoms with Crippen LogP contribution in [0.1, 0.15) is 25.1 Å². The van der Waals surface area contributed by atoms with Gasteiger partial charge in [0.1, 0.15) is 5.75 Å². The van der Waals surface area contributed by atoms with Crippen LogP contribution >= 0.6 is 11.6 Å². The average Bonchev–Trinajstić information content (AvgIpc) is 3.05. The second-order valence-corrected chi connectivity index (χ2v) is 9.71. The molecular weight excluding hydrogens is 428 g/mol. The van der Waals surface area contributed by atoms with Gasteiger partial charge in [0, 0.05) is 65.8 Å². The van der Waals surface area contributed by atoms with Crippen molar-refractivity contribution in [3.63, 3.8) is 0 Å². The number of para-hydroxylation sites is 1. The van der Waals surface area contributed by atoms with E-state index in [1.54, 1.807) is 7.11 Å². The Morgan fingerprint density at radius 2 is 1.58 bits per heavy atom. The second-order valence-electron chi connectivity index (χ2n) is 9.28. The minimum absolute atomic E-state index is 0.134. The third kappa shape index (κ3) is 3.48. The molecule has 3 aromatic carbocycles. The summed E-state index contributed by atoms with van der Waals surface area (Å²) in [6.07, 6.45) is 0. The van der Waals surface area contributed by atoms with E-state index in [2.05, 4.69) is 90.0 Å². The number of rotatable bonds is 4. The first-order valence-electron chi connectivity index (χ1n) is 11.1. The monoisotopic (exact) mass is 455 g/mol. The Bertz CT molecular complexity index is 1360. The van der Waals surface area contributed by atoms with Crippen molar-refractivity contribution in [3.05, 3.63) is 95.1 Å². The summed E-state index contributed by atoms with van der Waals surface area (Å²) in [5.41, 5.74) is 9.25. The van der Waals surface area contributed by atoms with Crippen molar-refractivity contribution in [2.24, 2.45) is 0 Å². The van der Waals surface area contributed by atoms with Crippen LogP contribution in [-0.2, 0) is 5.41 Å². The number of pyridine rings is 1. The van der Waals surface area contributed by atoms with Gasteiger partial charge < -0.3 is 9.64 Å². The van der Waals surface area contributed by atoms with Gasteiger partial charge in [0.05, 0.1) is 12.5 Å². The number of aromatic nitrogens is 1. The number of halogens is 1. The molecule has 1 aliphatic rings. The molecule has 2 heterocycles. The van der Waals surface area contributed by atoms with E-state index >= 15 is 0 Å². The number of fused-ring (bicyclic) bond motifs is 3. The Balaban J connectivity index is 1.82. The van der Waals surface area contributed by atoms with E-state index < -0.39 is 0 Å². The van der Waals surface area contributed by atoms with E-state index in [1.807, 2.05) is 26.2 Å². The molecule has 0 amide bonds. The quantitative estimate of drug-likeness (QED) is 0.320. The number of ether oxygens (including phenoxy) is 1. The van der Waals surface area contributed by atoms with Gasteiger partial charge in [-0.05, 0) is 55.8 Å². The Kier molecular flexibility index (Phi) is 5.18. The average molecular weight is 456 g/mol. The van der Waals surface area contributed by atoms with Gasteiger partial charge >= 0.3 is 0 Å². The number of anilines is 1. The highest BCUT2D eigenvalue weighted by molar-refractivity contribution is 6.30. The maximum Gasteiger partial charge on any atom is 0.219 e. The van der Waals surface area contributed by atoms with Gasteiger partial charge in [0.25, 0.3) is 0 Å². The van der Waals surface area contributed by atoms with Gasteiger partial charge in [0.15, 0.2) is 5.69 Å². The molecule has 0 aliphatic carbocycles. The summed E-state index contributed by atoms with van der Waals surface area (Å²) < 4.78 is 8.23. The van der Waals surface area contributed by atoms with Crippen molar-refractivity contribution < 1.29 is 9.30 Å². The lowest BCUT2D eigenvalue weighted by atomic mass is 9.82. The molecule has 0 bridgehead atoms. The highest BCUT2D eigenvalue weighted by atomic mass is 35.5. The first-order valence-corrected chi connectivity index (χ1v) is 11.5. The van der Waals surface area contributed by atoms with Crippen molar-refractivity contribution in [1.29, 1.82) is 0 Å². The molecule has 5 rings (SSSR count). The fourth-order valence-electron chi connectivity index (χ4n) is 4.83. The van der Waals surface area contributed by atoms with Crippen LogP contribution in [0.5, 0.6) is 5.75 Å². The van der Waals surface area contributed by atoms with E-state index in [4.69, 9.17) is 16.3 Å². The summed E-state index contributed by atoms with van der Waals surface area (Å²) >= 11 is 6.22. The predicted molar refractivity (Wildman–Crippen MR) is 137 cm³/mol. The standard InChI is InChI=1S/C29H28ClN2O/c1-29(2)24-8-6-7-9-25(24)32-26(19-10-12-21(30)13-11-19)16-20(17-28(29)32)23-15-14-22(31(3)4)18-27(23)33-5/h6-18H,1-5H3/q+1. The zero-order valence-corrected chi connectivity index (χ0v) is 20.4. The predicted octanol–water partition coefficient (Wildman–Crippen LogP) is 6.66. The van der Waals surface area contributed by atoms with Gasteiger partial charge in [-0.1, -0.05) is 29.8 Å². The molecule has 0 saturated heterocycles. The highest BCUT2D eigenvalue weighted by Crippen LogP contribution is 2.43. The van der Waals surface area contributed by atoms with Gasteiger partial charge in [0.2, 0.25) is 11.4 Å². The molecule has 0 atom stereocenters. The van der Waals surface area contributed by atoms with E-state index in [0.29, 0.717) is 0 Å². The molecule has 33 heavy (non-hydrogen) atoms. The molecule has 1 aromatic heterocycles. The number of benzene rings is 3. The number of hydrogen-bond acceptors (Lipinski definition) is 2. The SMILES string of the molecule is COc1cc(N(C)C)ccc1-c1cc(-c2ccc(Cl)cc2)[n+]2c(c1)C(C)(C)c1ccccc1-2. The number of nitrogens with zero attached hydrogens (tertiary/aromatic N) is 2. The van der Waals surface area contributed by atoms with Crippen LogP contribution < -0.4 is 14.2 Å². The van der Waals surface area contributed by atoms with Crippen molar-refractivity contribution in [3.8, 4) is 33.8 Å². The molecule has 0 saturated carbocycles. The van der Waals surface area contributed by atoms with Crippen LogP contribution in [0.15, 0.2) is 78.9 Å². The second kappa shape index (κ2) is 7.93. The maximum atomic E-state index is 6.22. The lowest BCUT2D eigenvalue weighted by molar-refractivity contribution is -0.588. The Labute approximate surface area is 200 Å². The van der Waals surface area contributed by atoms with Crippen molar-refractivity contribution in [1.82, 2.24) is 0 Å². The van der Waals surface area contributed by atoms with E-state index in [9.17, 15) is 0 Å². The summed E-state index contributed by atoms with van der Waals surface area (Å²) in [4.78, 5) is 2.09. The molecular formula is C29H28ClN2O+. The highest BCUT2D eigenvalue weighted by Gasteiger charge is 2.45. The van der Waals surface area contributed by atoms with Crippen LogP contribution in [0.4, 0.5) is 5.69 Å². The minimum Gasteiger partial charge on any atom is -0.496 e. The molecule has 0 fully saturated rings. The summed E-state index contributed by atoms with van der Waals surface area (Å²) in [6, 6.07) is 27.7. The van der Waals surface area contributed by atoms with Crippen LogP contribution in [0.25, 0.3) is 28.1 Å². The summed E-state index contributed by atoms with van der Waals surface area (Å²) in [5, 5.41) is 0.734. The third-order valence-electron chi connectivity index (χ3n) is 6.68. The summed E-state index contributed by atoms with van der Waals surface area (Å²) in [5.74, 6) is 0.863. The maximum absolute atomic E-state index is 6.22. The van der Waals surface area contributed by atoms with Gasteiger partial charge in [-0.2, -0.15) is 4.57 Å². The van der Waals surface area contributed by atoms with Crippen LogP contribution in [0.2, 0.25) is 5.02 Å². The molecule has 0 N–H and O–H groups in total. The van der Waals surface area contributed by atoms with E-state index in [0.717, 1.165) is 38.8 Å². The van der Waals surface area contributed by atoms with Crippen molar-refractivity contribution in [2.45, 2.75) is 19.3 Å². The fourth-order valence-corrected chi connectivity index (χ4v) is 4.96. The number of hydrogen-bond donors (Lipinski definition) is 0. The third-order valence-corrected chi connectivity index (χ3v) is 6.93. The first kappa shape index (κ1) is 21.5. The van der Waals surface area contributed by atoms with Crippen LogP contribution in [0, 0.1) is 0 Å². The van der Waals surface area contributed by atoms with Gasteiger partial charge in [-0.3, -0.25) is 0 Å². The Morgan fingerprint density at radius 3 is 2.27 bits per heavy atom. The first-order chi connectivity index (χ1) is 15.8. The van der Waals surface area contributed by atoms with Crippen molar-refractivity contribution >= 4 is 17.3 Å². The zero-order chi connectivity index (χ0) is 23.3. The summed E-state index contributed by atoms with van der Waals surface area (Å²) in [6.45, 7) is 4.60. The molecule has 1 aliphatic heterocycles. The smallest absolute Gasteiger partial charge is 0.219 e. The molecule has 0 spiro atoms. The lowest BCUT2D eigenvalue weighted by Gasteiger charge is -2.18. The van der Waals surface area contributed by atoms with E-state index in [-0.39, 0.29) is 5.41 Å². The normalized spacial score (nSPS) is 13.4. The molecule has 166 valence electrons. The summed E-state index contributed by atoms with van der Waals surface area (Å²) in [7, 11) is 5.82. The fraction of sp³-hybridized carbons (Fsp3) is 0.207. The number of methoxy groups -OCH3 is 1. The molecule has 4 heteroatoms. The van der Waals surface area contributed by atoms with Gasteiger partial charge in [-0.15, -0.1) is 0 Å². The lowest BCUT2D eigenvalue weighted by Crippen LogP contribution is -2.37. The minimum atomic E-state index is -0.134. The van der Waals surface area contributed by atoms with Crippen molar-refractivity contribution in [2.75, 3.05) is 26.1 Å². The Morgan fingerprint density at radius 1 is 0.848 bits per heavy atom.